The highest BCUT2D eigenvalue weighted by molar-refractivity contribution is 6.38. The average molecular weight is 248 g/mol. The molecule has 7 nitrogen and oxygen atoms in total. The number of benzene rings is 1. The van der Waals surface area contributed by atoms with Gasteiger partial charge in [-0.2, -0.15) is 4.99 Å². The second kappa shape index (κ2) is 4.74. The maximum atomic E-state index is 10.9. The molecule has 0 fully saturated rings. The zero-order valence-electron chi connectivity index (χ0n) is 9.93. The number of methoxy groups -OCH3 is 2. The van der Waals surface area contributed by atoms with Crippen molar-refractivity contribution in [1.82, 2.24) is 5.32 Å². The number of urea groups is 1. The van der Waals surface area contributed by atoms with Crippen molar-refractivity contribution in [1.29, 1.82) is 0 Å². The van der Waals surface area contributed by atoms with Crippen LogP contribution in [0.15, 0.2) is 22.1 Å². The SMILES string of the molecule is COc1cc(N=C2C=NC(=O)N2)c(OC)cc1N. The Balaban J connectivity index is 2.43. The van der Waals surface area contributed by atoms with Crippen LogP contribution in [0, 0.1) is 0 Å². The van der Waals surface area contributed by atoms with Crippen LogP contribution in [-0.2, 0) is 0 Å². The number of hydrogen-bond donors (Lipinski definition) is 2. The van der Waals surface area contributed by atoms with Crippen LogP contribution in [0.3, 0.4) is 0 Å². The van der Waals surface area contributed by atoms with Crippen molar-refractivity contribution in [2.24, 2.45) is 9.98 Å². The summed E-state index contributed by atoms with van der Waals surface area (Å²) in [6.45, 7) is 0. The molecule has 1 heterocycles. The summed E-state index contributed by atoms with van der Waals surface area (Å²) >= 11 is 0. The molecule has 3 N–H and O–H groups in total. The van der Waals surface area contributed by atoms with Gasteiger partial charge in [0, 0.05) is 12.1 Å². The van der Waals surface area contributed by atoms with Crippen molar-refractivity contribution in [2.75, 3.05) is 20.0 Å². The van der Waals surface area contributed by atoms with E-state index in [0.29, 0.717) is 28.7 Å². The minimum Gasteiger partial charge on any atom is -0.495 e. The van der Waals surface area contributed by atoms with Gasteiger partial charge in [-0.05, 0) is 0 Å². The third-order valence-corrected chi connectivity index (χ3v) is 2.31. The number of nitrogens with one attached hydrogen (secondary N) is 1. The van der Waals surface area contributed by atoms with E-state index in [9.17, 15) is 4.79 Å². The van der Waals surface area contributed by atoms with Crippen molar-refractivity contribution >= 4 is 29.5 Å². The van der Waals surface area contributed by atoms with Gasteiger partial charge in [-0.3, -0.25) is 5.32 Å². The van der Waals surface area contributed by atoms with E-state index in [0.717, 1.165) is 0 Å². The fraction of sp³-hybridized carbons (Fsp3) is 0.182. The first-order chi connectivity index (χ1) is 8.63. The largest absolute Gasteiger partial charge is 0.495 e. The van der Waals surface area contributed by atoms with Gasteiger partial charge in [-0.25, -0.2) is 9.79 Å². The predicted octanol–water partition coefficient (Wildman–Crippen LogP) is 1.11. The van der Waals surface area contributed by atoms with Gasteiger partial charge in [0.25, 0.3) is 0 Å². The number of carbonyl (C=O) groups is 1. The maximum Gasteiger partial charge on any atom is 0.346 e. The van der Waals surface area contributed by atoms with Gasteiger partial charge in [-0.15, -0.1) is 0 Å². The molecule has 1 aliphatic heterocycles. The van der Waals surface area contributed by atoms with Crippen LogP contribution in [0.5, 0.6) is 11.5 Å². The number of hydrogen-bond acceptors (Lipinski definition) is 5. The molecule has 0 bridgehead atoms. The van der Waals surface area contributed by atoms with Gasteiger partial charge in [0.2, 0.25) is 0 Å². The fourth-order valence-corrected chi connectivity index (χ4v) is 1.47. The molecule has 2 amide bonds. The lowest BCUT2D eigenvalue weighted by atomic mass is 10.2. The van der Waals surface area contributed by atoms with E-state index in [-0.39, 0.29) is 0 Å². The van der Waals surface area contributed by atoms with Crippen molar-refractivity contribution in [2.45, 2.75) is 0 Å². The van der Waals surface area contributed by atoms with E-state index in [1.54, 1.807) is 12.1 Å². The molecular formula is C11H12N4O3. The van der Waals surface area contributed by atoms with E-state index in [2.05, 4.69) is 15.3 Å². The Labute approximate surface area is 103 Å². The molecule has 7 heteroatoms. The first-order valence-electron chi connectivity index (χ1n) is 5.09. The molecule has 0 aromatic heterocycles. The minimum atomic E-state index is -0.449. The van der Waals surface area contributed by atoms with Gasteiger partial charge in [0.05, 0.1) is 26.1 Å². The molecule has 0 unspecified atom stereocenters. The molecule has 2 rings (SSSR count). The van der Waals surface area contributed by atoms with Gasteiger partial charge in [0.15, 0.2) is 5.84 Å². The number of nitrogens with zero attached hydrogens (tertiary/aromatic N) is 2. The second-order valence-electron chi connectivity index (χ2n) is 3.45. The number of amidine groups is 1. The monoisotopic (exact) mass is 248 g/mol. The Morgan fingerprint density at radius 1 is 1.28 bits per heavy atom. The molecule has 94 valence electrons. The Kier molecular flexibility index (Phi) is 3.13. The zero-order chi connectivity index (χ0) is 13.1. The van der Waals surface area contributed by atoms with Crippen LogP contribution in [0.4, 0.5) is 16.2 Å². The molecule has 0 saturated heterocycles. The quantitative estimate of drug-likeness (QED) is 0.783. The molecule has 0 spiro atoms. The third-order valence-electron chi connectivity index (χ3n) is 2.31. The highest BCUT2D eigenvalue weighted by Crippen LogP contribution is 2.36. The summed E-state index contributed by atoms with van der Waals surface area (Å²) in [5, 5.41) is 2.47. The highest BCUT2D eigenvalue weighted by Gasteiger charge is 2.13. The number of nitrogens with two attached hydrogens (primary N) is 1. The standard InChI is InChI=1S/C11H12N4O3/c1-17-8-4-7(9(18-2)3-6(8)12)14-10-5-13-11(16)15-10/h3-5H,12H2,1-2H3,(H,14,15,16). The summed E-state index contributed by atoms with van der Waals surface area (Å²) in [6.07, 6.45) is 1.34. The van der Waals surface area contributed by atoms with Crippen LogP contribution in [0.25, 0.3) is 0 Å². The summed E-state index contributed by atoms with van der Waals surface area (Å²) in [5.41, 5.74) is 6.70. The van der Waals surface area contributed by atoms with E-state index < -0.39 is 6.03 Å². The van der Waals surface area contributed by atoms with E-state index in [1.165, 1.54) is 20.4 Å². The second-order valence-corrected chi connectivity index (χ2v) is 3.45. The fourth-order valence-electron chi connectivity index (χ4n) is 1.47. The first-order valence-corrected chi connectivity index (χ1v) is 5.09. The van der Waals surface area contributed by atoms with Crippen molar-refractivity contribution in [3.63, 3.8) is 0 Å². The van der Waals surface area contributed by atoms with Gasteiger partial charge in [-0.1, -0.05) is 0 Å². The number of nitrogen functional groups attached to an aromatic ring is 1. The first kappa shape index (κ1) is 11.9. The van der Waals surface area contributed by atoms with Crippen molar-refractivity contribution in [3.8, 4) is 11.5 Å². The Hall–Kier alpha value is -2.57. The molecule has 0 aliphatic carbocycles. The van der Waals surface area contributed by atoms with Crippen LogP contribution in [-0.4, -0.2) is 32.3 Å². The van der Waals surface area contributed by atoms with Crippen LogP contribution in [0.1, 0.15) is 0 Å². The lowest BCUT2D eigenvalue weighted by Gasteiger charge is -2.10. The van der Waals surface area contributed by atoms with E-state index >= 15 is 0 Å². The topological polar surface area (TPSA) is 98.3 Å². The summed E-state index contributed by atoms with van der Waals surface area (Å²) in [4.78, 5) is 18.6. The molecule has 0 saturated carbocycles. The molecular weight excluding hydrogens is 236 g/mol. The van der Waals surface area contributed by atoms with E-state index in [1.807, 2.05) is 0 Å². The molecule has 1 aromatic rings. The number of aliphatic imine (C=N–C) groups is 2. The number of ether oxygens (including phenoxy) is 2. The van der Waals surface area contributed by atoms with Crippen LogP contribution >= 0.6 is 0 Å². The Bertz CT molecular complexity index is 551. The minimum absolute atomic E-state index is 0.338. The number of anilines is 1. The van der Waals surface area contributed by atoms with Gasteiger partial charge in [0.1, 0.15) is 17.2 Å². The lowest BCUT2D eigenvalue weighted by molar-refractivity contribution is 0.254. The molecule has 1 aromatic carbocycles. The Morgan fingerprint density at radius 3 is 2.56 bits per heavy atom. The Morgan fingerprint density at radius 2 is 2.00 bits per heavy atom. The summed E-state index contributed by atoms with van der Waals surface area (Å²) < 4.78 is 10.3. The highest BCUT2D eigenvalue weighted by atomic mass is 16.5. The summed E-state index contributed by atoms with van der Waals surface area (Å²) in [6, 6.07) is 2.78. The van der Waals surface area contributed by atoms with Crippen LogP contribution < -0.4 is 20.5 Å². The third kappa shape index (κ3) is 2.24. The van der Waals surface area contributed by atoms with Crippen LogP contribution in [0.2, 0.25) is 0 Å². The molecule has 18 heavy (non-hydrogen) atoms. The summed E-state index contributed by atoms with van der Waals surface area (Å²) in [7, 11) is 3.01. The maximum absolute atomic E-state index is 10.9. The summed E-state index contributed by atoms with van der Waals surface area (Å²) in [5.74, 6) is 1.30. The lowest BCUT2D eigenvalue weighted by Crippen LogP contribution is -2.20. The van der Waals surface area contributed by atoms with Crippen molar-refractivity contribution < 1.29 is 14.3 Å². The number of carbonyl (C=O) groups excluding carboxylic acids is 1. The predicted molar refractivity (Wildman–Crippen MR) is 68.1 cm³/mol. The number of rotatable bonds is 3. The molecule has 0 atom stereocenters. The number of amides is 2. The van der Waals surface area contributed by atoms with E-state index in [4.69, 9.17) is 15.2 Å². The smallest absolute Gasteiger partial charge is 0.346 e. The normalized spacial score (nSPS) is 15.9. The molecule has 1 aliphatic rings. The van der Waals surface area contributed by atoms with Gasteiger partial charge >= 0.3 is 6.03 Å². The molecule has 0 radical (unpaired) electrons. The van der Waals surface area contributed by atoms with Gasteiger partial charge < -0.3 is 15.2 Å². The average Bonchev–Trinajstić information content (AvgIpc) is 2.76. The zero-order valence-corrected chi connectivity index (χ0v) is 9.93. The van der Waals surface area contributed by atoms with Crippen molar-refractivity contribution in [3.05, 3.63) is 12.1 Å².